The van der Waals surface area contributed by atoms with Crippen LogP contribution >= 0.6 is 11.5 Å². The number of aromatic nitrogens is 2. The summed E-state index contributed by atoms with van der Waals surface area (Å²) in [6, 6.07) is 0. The average Bonchev–Trinajstić information content (AvgIpc) is 2.33. The molecule has 3 nitrogen and oxygen atoms in total. The van der Waals surface area contributed by atoms with Gasteiger partial charge in [0, 0.05) is 0 Å². The second-order valence-corrected chi connectivity index (χ2v) is 3.18. The topological polar surface area (TPSA) is 46.0 Å². The molecule has 0 saturated carbocycles. The largest absolute Gasteiger partial charge is 0.390 e. The van der Waals surface area contributed by atoms with Gasteiger partial charge in [-0.15, -0.1) is 5.10 Å². The van der Waals surface area contributed by atoms with E-state index in [9.17, 15) is 0 Å². The summed E-state index contributed by atoms with van der Waals surface area (Å²) < 4.78 is 3.75. The lowest BCUT2D eigenvalue weighted by molar-refractivity contribution is 0.275. The minimum Gasteiger partial charge on any atom is -0.390 e. The van der Waals surface area contributed by atoms with Gasteiger partial charge in [-0.25, -0.2) is 0 Å². The highest BCUT2D eigenvalue weighted by Crippen LogP contribution is 2.20. The molecular formula is C6H10N2OS. The summed E-state index contributed by atoms with van der Waals surface area (Å²) in [5.74, 6) is 0.419. The van der Waals surface area contributed by atoms with Crippen molar-refractivity contribution in [1.82, 2.24) is 9.59 Å². The van der Waals surface area contributed by atoms with Gasteiger partial charge >= 0.3 is 0 Å². The molecule has 0 amide bonds. The van der Waals surface area contributed by atoms with Gasteiger partial charge in [-0.2, -0.15) is 0 Å². The molecular weight excluding hydrogens is 148 g/mol. The molecule has 1 heterocycles. The van der Waals surface area contributed by atoms with Crippen molar-refractivity contribution < 1.29 is 5.11 Å². The van der Waals surface area contributed by atoms with Crippen molar-refractivity contribution in [3.8, 4) is 0 Å². The number of aliphatic hydroxyl groups is 1. The molecule has 0 aliphatic heterocycles. The smallest absolute Gasteiger partial charge is 0.104 e. The fourth-order valence-electron chi connectivity index (χ4n) is 0.764. The van der Waals surface area contributed by atoms with Crippen LogP contribution in [0.3, 0.4) is 0 Å². The third-order valence-electron chi connectivity index (χ3n) is 1.26. The van der Waals surface area contributed by atoms with Crippen molar-refractivity contribution in [1.29, 1.82) is 0 Å². The van der Waals surface area contributed by atoms with Gasteiger partial charge < -0.3 is 5.11 Å². The first-order valence-electron chi connectivity index (χ1n) is 3.17. The van der Waals surface area contributed by atoms with E-state index in [0.29, 0.717) is 5.92 Å². The predicted molar refractivity (Wildman–Crippen MR) is 39.9 cm³/mol. The zero-order chi connectivity index (χ0) is 7.56. The fourth-order valence-corrected chi connectivity index (χ4v) is 1.41. The lowest BCUT2D eigenvalue weighted by atomic mass is 10.1. The second kappa shape index (κ2) is 3.07. The van der Waals surface area contributed by atoms with Crippen molar-refractivity contribution in [2.24, 2.45) is 0 Å². The molecule has 0 unspecified atom stereocenters. The van der Waals surface area contributed by atoms with Crippen LogP contribution in [0, 0.1) is 0 Å². The van der Waals surface area contributed by atoms with Crippen LogP contribution in [0.4, 0.5) is 0 Å². The molecule has 4 heteroatoms. The maximum atomic E-state index is 8.76. The summed E-state index contributed by atoms with van der Waals surface area (Å²) in [5.41, 5.74) is 0.722. The van der Waals surface area contributed by atoms with Gasteiger partial charge in [-0.05, 0) is 17.5 Å². The summed E-state index contributed by atoms with van der Waals surface area (Å²) in [4.78, 5) is 1.09. The molecule has 1 N–H and O–H groups in total. The average molecular weight is 158 g/mol. The van der Waals surface area contributed by atoms with Gasteiger partial charge in [-0.1, -0.05) is 18.3 Å². The molecule has 0 fully saturated rings. The molecule has 0 aromatic carbocycles. The second-order valence-electron chi connectivity index (χ2n) is 2.40. The van der Waals surface area contributed by atoms with E-state index in [-0.39, 0.29) is 6.61 Å². The van der Waals surface area contributed by atoms with E-state index in [0.717, 1.165) is 10.6 Å². The Morgan fingerprint density at radius 1 is 1.60 bits per heavy atom. The molecule has 1 aromatic heterocycles. The lowest BCUT2D eigenvalue weighted by Gasteiger charge is -1.99. The van der Waals surface area contributed by atoms with Crippen LogP contribution in [-0.4, -0.2) is 14.7 Å². The molecule has 56 valence electrons. The van der Waals surface area contributed by atoms with E-state index < -0.39 is 0 Å². The maximum absolute atomic E-state index is 8.76. The summed E-state index contributed by atoms with van der Waals surface area (Å²) in [7, 11) is 0. The first kappa shape index (κ1) is 7.63. The standard InChI is InChI=1S/C6H10N2OS/c1-4(2)6-5(3-9)7-8-10-6/h4,9H,3H2,1-2H3. The third kappa shape index (κ3) is 1.33. The highest BCUT2D eigenvalue weighted by atomic mass is 32.1. The predicted octanol–water partition coefficient (Wildman–Crippen LogP) is 1.15. The highest BCUT2D eigenvalue weighted by Gasteiger charge is 2.09. The van der Waals surface area contributed by atoms with Crippen LogP contribution < -0.4 is 0 Å². The SMILES string of the molecule is CC(C)c1snnc1CO. The van der Waals surface area contributed by atoms with E-state index in [1.165, 1.54) is 11.5 Å². The Hall–Kier alpha value is -0.480. The molecule has 10 heavy (non-hydrogen) atoms. The van der Waals surface area contributed by atoms with E-state index in [1.54, 1.807) is 0 Å². The van der Waals surface area contributed by atoms with Crippen LogP contribution in [0.25, 0.3) is 0 Å². The van der Waals surface area contributed by atoms with Gasteiger partial charge in [0.1, 0.15) is 5.69 Å². The summed E-state index contributed by atoms with van der Waals surface area (Å²) in [5, 5.41) is 12.5. The Labute approximate surface area is 63.9 Å². The quantitative estimate of drug-likeness (QED) is 0.702. The fraction of sp³-hybridized carbons (Fsp3) is 0.667. The Balaban J connectivity index is 2.90. The first-order valence-corrected chi connectivity index (χ1v) is 3.95. The van der Waals surface area contributed by atoms with Gasteiger partial charge in [-0.3, -0.25) is 0 Å². The highest BCUT2D eigenvalue weighted by molar-refractivity contribution is 7.05. The Morgan fingerprint density at radius 3 is 2.70 bits per heavy atom. The maximum Gasteiger partial charge on any atom is 0.104 e. The van der Waals surface area contributed by atoms with Gasteiger partial charge in [0.25, 0.3) is 0 Å². The van der Waals surface area contributed by atoms with E-state index >= 15 is 0 Å². The van der Waals surface area contributed by atoms with Crippen LogP contribution in [0.2, 0.25) is 0 Å². The van der Waals surface area contributed by atoms with Crippen LogP contribution in [-0.2, 0) is 6.61 Å². The van der Waals surface area contributed by atoms with Gasteiger partial charge in [0.15, 0.2) is 0 Å². The number of hydrogen-bond donors (Lipinski definition) is 1. The van der Waals surface area contributed by atoms with Crippen molar-refractivity contribution in [2.75, 3.05) is 0 Å². The number of nitrogens with zero attached hydrogens (tertiary/aromatic N) is 2. The Morgan fingerprint density at radius 2 is 2.30 bits per heavy atom. The Kier molecular flexibility index (Phi) is 2.34. The third-order valence-corrected chi connectivity index (χ3v) is 2.33. The van der Waals surface area contributed by atoms with Crippen molar-refractivity contribution in [3.05, 3.63) is 10.6 Å². The van der Waals surface area contributed by atoms with Crippen LogP contribution in [0.5, 0.6) is 0 Å². The molecule has 1 aromatic rings. The molecule has 0 spiro atoms. The lowest BCUT2D eigenvalue weighted by Crippen LogP contribution is -1.91. The zero-order valence-electron chi connectivity index (χ0n) is 6.03. The molecule has 0 aliphatic carbocycles. The number of hydrogen-bond acceptors (Lipinski definition) is 4. The van der Waals surface area contributed by atoms with Crippen LogP contribution in [0.1, 0.15) is 30.3 Å². The molecule has 0 bridgehead atoms. The minimum absolute atomic E-state index is 0.00398. The monoisotopic (exact) mass is 158 g/mol. The van der Waals surface area contributed by atoms with E-state index in [4.69, 9.17) is 5.11 Å². The summed E-state index contributed by atoms with van der Waals surface area (Å²) in [6.45, 7) is 4.13. The van der Waals surface area contributed by atoms with Crippen molar-refractivity contribution >= 4 is 11.5 Å². The Bertz CT molecular complexity index is 209. The first-order chi connectivity index (χ1) is 4.75. The number of rotatable bonds is 2. The molecule has 0 atom stereocenters. The van der Waals surface area contributed by atoms with Crippen molar-refractivity contribution in [2.45, 2.75) is 26.4 Å². The molecule has 0 aliphatic rings. The van der Waals surface area contributed by atoms with E-state index in [2.05, 4.69) is 23.4 Å². The zero-order valence-corrected chi connectivity index (χ0v) is 6.85. The van der Waals surface area contributed by atoms with Crippen LogP contribution in [0.15, 0.2) is 0 Å². The molecule has 0 radical (unpaired) electrons. The summed E-state index contributed by atoms with van der Waals surface area (Å²) >= 11 is 1.36. The normalized spacial score (nSPS) is 10.8. The van der Waals surface area contributed by atoms with Gasteiger partial charge in [0.2, 0.25) is 0 Å². The molecule has 1 rings (SSSR count). The van der Waals surface area contributed by atoms with Gasteiger partial charge in [0.05, 0.1) is 11.5 Å². The summed E-state index contributed by atoms with van der Waals surface area (Å²) in [6.07, 6.45) is 0. The number of aliphatic hydroxyl groups excluding tert-OH is 1. The minimum atomic E-state index is 0.00398. The van der Waals surface area contributed by atoms with Crippen molar-refractivity contribution in [3.63, 3.8) is 0 Å². The molecule has 0 saturated heterocycles. The van der Waals surface area contributed by atoms with E-state index in [1.807, 2.05) is 0 Å².